The van der Waals surface area contributed by atoms with Crippen molar-refractivity contribution in [3.05, 3.63) is 29.3 Å². The lowest BCUT2D eigenvalue weighted by atomic mass is 9.52. The Morgan fingerprint density at radius 2 is 1.67 bits per heavy atom. The van der Waals surface area contributed by atoms with Gasteiger partial charge in [-0.2, -0.15) is 0 Å². The van der Waals surface area contributed by atoms with Crippen molar-refractivity contribution < 1.29 is 5.11 Å². The van der Waals surface area contributed by atoms with Crippen molar-refractivity contribution in [2.45, 2.75) is 56.8 Å². The molecule has 4 fully saturated rings. The van der Waals surface area contributed by atoms with Crippen LogP contribution < -0.4 is 5.73 Å². The molecule has 1 aromatic rings. The first-order chi connectivity index (χ1) is 10.1. The van der Waals surface area contributed by atoms with Gasteiger partial charge >= 0.3 is 0 Å². The Kier molecular flexibility index (Phi) is 2.39. The third kappa shape index (κ3) is 1.62. The van der Waals surface area contributed by atoms with Crippen molar-refractivity contribution in [1.82, 2.24) is 4.90 Å². The van der Waals surface area contributed by atoms with E-state index in [1.54, 1.807) is 0 Å². The number of fused-ring (bicyclic) bond motifs is 1. The van der Waals surface area contributed by atoms with Gasteiger partial charge in [-0.1, -0.05) is 12.1 Å². The quantitative estimate of drug-likeness (QED) is 0.779. The number of hydrogen-bond acceptors (Lipinski definition) is 3. The van der Waals surface area contributed by atoms with Gasteiger partial charge in [-0.3, -0.25) is 4.90 Å². The van der Waals surface area contributed by atoms with Crippen LogP contribution in [0, 0.1) is 17.8 Å². The first-order valence-electron chi connectivity index (χ1n) is 8.47. The molecule has 6 rings (SSSR count). The number of anilines is 1. The summed E-state index contributed by atoms with van der Waals surface area (Å²) in [5.74, 6) is 2.72. The van der Waals surface area contributed by atoms with E-state index in [4.69, 9.17) is 5.73 Å². The van der Waals surface area contributed by atoms with E-state index >= 15 is 0 Å². The highest BCUT2D eigenvalue weighted by atomic mass is 16.3. The molecule has 4 aliphatic carbocycles. The van der Waals surface area contributed by atoms with Gasteiger partial charge in [-0.05, 0) is 67.9 Å². The van der Waals surface area contributed by atoms with Crippen LogP contribution in [0.15, 0.2) is 18.2 Å². The lowest BCUT2D eigenvalue weighted by Gasteiger charge is -2.60. The number of benzene rings is 1. The molecule has 3 heteroatoms. The molecule has 4 saturated carbocycles. The van der Waals surface area contributed by atoms with Gasteiger partial charge in [0.1, 0.15) is 6.23 Å². The van der Waals surface area contributed by atoms with E-state index in [1.807, 2.05) is 12.1 Å². The Morgan fingerprint density at radius 3 is 2.24 bits per heavy atom. The predicted octanol–water partition coefficient (Wildman–Crippen LogP) is 3.04. The highest BCUT2D eigenvalue weighted by molar-refractivity contribution is 5.53. The van der Waals surface area contributed by atoms with Crippen LogP contribution in [0.1, 0.15) is 55.9 Å². The fourth-order valence-corrected chi connectivity index (χ4v) is 6.32. The third-order valence-electron chi connectivity index (χ3n) is 6.77. The summed E-state index contributed by atoms with van der Waals surface area (Å²) in [5, 5.41) is 10.9. The predicted molar refractivity (Wildman–Crippen MR) is 82.3 cm³/mol. The zero-order chi connectivity index (χ0) is 14.2. The average molecular weight is 284 g/mol. The Labute approximate surface area is 126 Å². The van der Waals surface area contributed by atoms with Crippen molar-refractivity contribution in [1.29, 1.82) is 0 Å². The molecule has 1 aromatic carbocycles. The number of aliphatic hydroxyl groups is 1. The van der Waals surface area contributed by atoms with Gasteiger partial charge in [0.2, 0.25) is 0 Å². The van der Waals surface area contributed by atoms with E-state index in [0.717, 1.165) is 35.5 Å². The Balaban J connectivity index is 1.53. The number of nitrogen functional groups attached to an aromatic ring is 1. The highest BCUT2D eigenvalue weighted by Gasteiger charge is 2.56. The third-order valence-corrected chi connectivity index (χ3v) is 6.77. The molecule has 0 amide bonds. The van der Waals surface area contributed by atoms with Gasteiger partial charge in [-0.25, -0.2) is 0 Å². The summed E-state index contributed by atoms with van der Waals surface area (Å²) in [6.45, 7) is 0.843. The number of hydrogen-bond donors (Lipinski definition) is 2. The van der Waals surface area contributed by atoms with Crippen LogP contribution in [0.3, 0.4) is 0 Å². The highest BCUT2D eigenvalue weighted by Crippen LogP contribution is 2.60. The van der Waals surface area contributed by atoms with Crippen molar-refractivity contribution >= 4 is 5.69 Å². The van der Waals surface area contributed by atoms with Crippen molar-refractivity contribution in [3.8, 4) is 0 Å². The molecular formula is C18H24N2O. The monoisotopic (exact) mass is 284 g/mol. The summed E-state index contributed by atoms with van der Waals surface area (Å²) in [6, 6.07) is 5.99. The zero-order valence-corrected chi connectivity index (χ0v) is 12.5. The SMILES string of the molecule is Nc1cccc2c1CN(C13CC4CC(CC(C4)C1)C3)C2O. The molecule has 0 spiro atoms. The molecule has 1 aliphatic heterocycles. The molecule has 0 radical (unpaired) electrons. The summed E-state index contributed by atoms with van der Waals surface area (Å²) >= 11 is 0. The maximum Gasteiger partial charge on any atom is 0.134 e. The molecule has 1 atom stereocenters. The number of nitrogens with zero attached hydrogens (tertiary/aromatic N) is 1. The van der Waals surface area contributed by atoms with Crippen LogP contribution in [0.4, 0.5) is 5.69 Å². The number of aliphatic hydroxyl groups excluding tert-OH is 1. The van der Waals surface area contributed by atoms with Crippen LogP contribution in [0.25, 0.3) is 0 Å². The van der Waals surface area contributed by atoms with E-state index in [1.165, 1.54) is 44.1 Å². The minimum atomic E-state index is -0.445. The fourth-order valence-electron chi connectivity index (χ4n) is 6.32. The smallest absolute Gasteiger partial charge is 0.134 e. The Bertz CT molecular complexity index is 562. The standard InChI is InChI=1S/C18H24N2O/c19-16-3-1-2-14-15(16)10-20(17(14)21)18-7-11-4-12(8-18)6-13(5-11)9-18/h1-3,11-13,17,21H,4-10,19H2. The maximum absolute atomic E-state index is 10.9. The summed E-state index contributed by atoms with van der Waals surface area (Å²) in [4.78, 5) is 2.40. The molecular weight excluding hydrogens is 260 g/mol. The van der Waals surface area contributed by atoms with Crippen molar-refractivity contribution in [3.63, 3.8) is 0 Å². The van der Waals surface area contributed by atoms with Crippen LogP contribution in [0.2, 0.25) is 0 Å². The molecule has 0 aromatic heterocycles. The first kappa shape index (κ1) is 12.5. The van der Waals surface area contributed by atoms with Gasteiger partial charge in [0.05, 0.1) is 0 Å². The van der Waals surface area contributed by atoms with E-state index < -0.39 is 6.23 Å². The second-order valence-electron chi connectivity index (χ2n) is 8.06. The number of rotatable bonds is 1. The lowest BCUT2D eigenvalue weighted by molar-refractivity contribution is -0.146. The maximum atomic E-state index is 10.9. The topological polar surface area (TPSA) is 49.5 Å². The van der Waals surface area contributed by atoms with Gasteiger partial charge in [0.25, 0.3) is 0 Å². The second kappa shape index (κ2) is 4.02. The van der Waals surface area contributed by atoms with Gasteiger partial charge < -0.3 is 10.8 Å². The van der Waals surface area contributed by atoms with E-state index in [9.17, 15) is 5.11 Å². The summed E-state index contributed by atoms with van der Waals surface area (Å²) in [5.41, 5.74) is 9.46. The van der Waals surface area contributed by atoms with E-state index in [2.05, 4.69) is 11.0 Å². The molecule has 0 saturated heterocycles. The molecule has 3 nitrogen and oxygen atoms in total. The Morgan fingerprint density at radius 1 is 1.05 bits per heavy atom. The minimum absolute atomic E-state index is 0.250. The van der Waals surface area contributed by atoms with Gasteiger partial charge in [-0.15, -0.1) is 0 Å². The second-order valence-corrected chi connectivity index (χ2v) is 8.06. The average Bonchev–Trinajstić information content (AvgIpc) is 2.77. The molecule has 1 unspecified atom stereocenters. The normalized spacial score (nSPS) is 44.2. The van der Waals surface area contributed by atoms with Crippen LogP contribution >= 0.6 is 0 Å². The largest absolute Gasteiger partial charge is 0.398 e. The fraction of sp³-hybridized carbons (Fsp3) is 0.667. The first-order valence-corrected chi connectivity index (χ1v) is 8.47. The van der Waals surface area contributed by atoms with Gasteiger partial charge in [0.15, 0.2) is 0 Å². The molecule has 1 heterocycles. The van der Waals surface area contributed by atoms with E-state index in [0.29, 0.717) is 0 Å². The molecule has 5 aliphatic rings. The summed E-state index contributed by atoms with van der Waals surface area (Å²) in [6.07, 6.45) is 7.77. The summed E-state index contributed by atoms with van der Waals surface area (Å²) in [7, 11) is 0. The molecule has 112 valence electrons. The zero-order valence-electron chi connectivity index (χ0n) is 12.5. The van der Waals surface area contributed by atoms with Crippen LogP contribution in [-0.4, -0.2) is 15.5 Å². The summed E-state index contributed by atoms with van der Waals surface area (Å²) < 4.78 is 0. The van der Waals surface area contributed by atoms with Gasteiger partial charge in [0, 0.05) is 23.3 Å². The van der Waals surface area contributed by atoms with Crippen molar-refractivity contribution in [2.75, 3.05) is 5.73 Å². The minimum Gasteiger partial charge on any atom is -0.398 e. The lowest BCUT2D eigenvalue weighted by Crippen LogP contribution is -2.59. The van der Waals surface area contributed by atoms with Crippen LogP contribution in [0.5, 0.6) is 0 Å². The molecule has 21 heavy (non-hydrogen) atoms. The number of nitrogens with two attached hydrogens (primary N) is 1. The van der Waals surface area contributed by atoms with Crippen molar-refractivity contribution in [2.24, 2.45) is 17.8 Å². The van der Waals surface area contributed by atoms with Crippen LogP contribution in [-0.2, 0) is 6.54 Å². The molecule has 4 bridgehead atoms. The molecule has 3 N–H and O–H groups in total. The van der Waals surface area contributed by atoms with E-state index in [-0.39, 0.29) is 5.54 Å². The Hall–Kier alpha value is -1.06.